The Kier molecular flexibility index (Phi) is 5.33. The number of benzene rings is 2. The topological polar surface area (TPSA) is 46.2 Å². The van der Waals surface area contributed by atoms with Crippen molar-refractivity contribution < 1.29 is 13.4 Å². The second-order valence-electron chi connectivity index (χ2n) is 4.12. The molecular weight excluding hydrogens is 336 g/mol. The van der Waals surface area contributed by atoms with E-state index in [-0.39, 0.29) is 5.75 Å². The van der Waals surface area contributed by atoms with E-state index in [1.165, 1.54) is 30.3 Å². The van der Waals surface area contributed by atoms with Crippen LogP contribution >= 0.6 is 23.2 Å². The first-order valence-corrected chi connectivity index (χ1v) is 7.92. The quantitative estimate of drug-likeness (QED) is 0.913. The second kappa shape index (κ2) is 7.02. The maximum Gasteiger partial charge on any atom is 0.237 e. The van der Waals surface area contributed by atoms with Crippen LogP contribution in [0.2, 0.25) is 10.0 Å². The lowest BCUT2D eigenvalue weighted by molar-refractivity contribution is -0.113. The van der Waals surface area contributed by atoms with Crippen molar-refractivity contribution in [2.45, 2.75) is 4.90 Å². The molecule has 0 aliphatic rings. The molecule has 3 nitrogen and oxygen atoms in total. The molecule has 2 aromatic carbocycles. The number of carbonyl (C=O) groups excluding carboxylic acids is 1. The maximum absolute atomic E-state index is 12.8. The van der Waals surface area contributed by atoms with Crippen molar-refractivity contribution in [3.8, 4) is 0 Å². The van der Waals surface area contributed by atoms with Crippen LogP contribution in [0.15, 0.2) is 47.4 Å². The van der Waals surface area contributed by atoms with Crippen LogP contribution in [0.5, 0.6) is 0 Å². The van der Waals surface area contributed by atoms with Gasteiger partial charge < -0.3 is 5.32 Å². The van der Waals surface area contributed by atoms with Gasteiger partial charge in [-0.3, -0.25) is 9.00 Å². The molecule has 1 amide bonds. The Morgan fingerprint density at radius 3 is 2.43 bits per heavy atom. The molecular formula is C14H10Cl2FNO2S. The van der Waals surface area contributed by atoms with Gasteiger partial charge in [0.05, 0.1) is 21.5 Å². The lowest BCUT2D eigenvalue weighted by Gasteiger charge is -2.07. The summed E-state index contributed by atoms with van der Waals surface area (Å²) in [5.41, 5.74) is 0.391. The van der Waals surface area contributed by atoms with E-state index in [4.69, 9.17) is 23.2 Å². The fourth-order valence-electron chi connectivity index (χ4n) is 1.57. The van der Waals surface area contributed by atoms with Crippen LogP contribution in [-0.4, -0.2) is 15.9 Å². The molecule has 7 heteroatoms. The number of hydrogen-bond donors (Lipinski definition) is 1. The standard InChI is InChI=1S/C14H10Cl2FNO2S/c15-9-1-6-13(12(16)7-9)18-14(19)8-21(20)11-4-2-10(17)3-5-11/h1-7H,8H2,(H,18,19)/t21-/m1/s1. The molecule has 0 aliphatic heterocycles. The number of nitrogens with one attached hydrogen (secondary N) is 1. The summed E-state index contributed by atoms with van der Waals surface area (Å²) in [5.74, 6) is -1.13. The van der Waals surface area contributed by atoms with E-state index in [1.807, 2.05) is 0 Å². The fraction of sp³-hybridized carbons (Fsp3) is 0.0714. The lowest BCUT2D eigenvalue weighted by atomic mass is 10.3. The molecule has 0 aromatic heterocycles. The van der Waals surface area contributed by atoms with Gasteiger partial charge in [-0.15, -0.1) is 0 Å². The number of hydrogen-bond acceptors (Lipinski definition) is 2. The summed E-state index contributed by atoms with van der Waals surface area (Å²) in [6, 6.07) is 9.80. The summed E-state index contributed by atoms with van der Waals surface area (Å²) in [6.07, 6.45) is 0. The summed E-state index contributed by atoms with van der Waals surface area (Å²) in [7, 11) is -1.55. The molecule has 0 fully saturated rings. The predicted octanol–water partition coefficient (Wildman–Crippen LogP) is 3.88. The van der Waals surface area contributed by atoms with E-state index in [0.717, 1.165) is 0 Å². The third kappa shape index (κ3) is 4.52. The average Bonchev–Trinajstić information content (AvgIpc) is 2.42. The molecule has 2 aromatic rings. The highest BCUT2D eigenvalue weighted by Gasteiger charge is 2.12. The van der Waals surface area contributed by atoms with E-state index in [9.17, 15) is 13.4 Å². The van der Waals surface area contributed by atoms with Crippen LogP contribution in [0.1, 0.15) is 0 Å². The zero-order valence-electron chi connectivity index (χ0n) is 10.6. The summed E-state index contributed by atoms with van der Waals surface area (Å²) in [6.45, 7) is 0. The van der Waals surface area contributed by atoms with Crippen molar-refractivity contribution in [1.82, 2.24) is 0 Å². The van der Waals surface area contributed by atoms with Gasteiger partial charge in [0.2, 0.25) is 5.91 Å². The zero-order valence-corrected chi connectivity index (χ0v) is 12.9. The summed E-state index contributed by atoms with van der Waals surface area (Å²) in [5, 5.41) is 3.30. The molecule has 0 spiro atoms. The maximum atomic E-state index is 12.8. The zero-order chi connectivity index (χ0) is 15.4. The number of amides is 1. The highest BCUT2D eigenvalue weighted by Crippen LogP contribution is 2.25. The van der Waals surface area contributed by atoms with Crippen LogP contribution < -0.4 is 5.32 Å². The number of rotatable bonds is 4. The Bertz CT molecular complexity index is 692. The highest BCUT2D eigenvalue weighted by atomic mass is 35.5. The first-order valence-electron chi connectivity index (χ1n) is 5.84. The van der Waals surface area contributed by atoms with Gasteiger partial charge in [0.1, 0.15) is 11.6 Å². The second-order valence-corrected chi connectivity index (χ2v) is 6.41. The van der Waals surface area contributed by atoms with Crippen molar-refractivity contribution in [2.75, 3.05) is 11.1 Å². The summed E-state index contributed by atoms with van der Waals surface area (Å²) >= 11 is 11.7. The molecule has 2 rings (SSSR count). The van der Waals surface area contributed by atoms with Crippen LogP contribution in [-0.2, 0) is 15.6 Å². The minimum Gasteiger partial charge on any atom is -0.324 e. The molecule has 21 heavy (non-hydrogen) atoms. The first kappa shape index (κ1) is 15.9. The van der Waals surface area contributed by atoms with Gasteiger partial charge in [-0.25, -0.2) is 4.39 Å². The molecule has 0 bridgehead atoms. The van der Waals surface area contributed by atoms with Crippen molar-refractivity contribution in [1.29, 1.82) is 0 Å². The van der Waals surface area contributed by atoms with Crippen LogP contribution in [0.25, 0.3) is 0 Å². The van der Waals surface area contributed by atoms with Gasteiger partial charge in [-0.1, -0.05) is 23.2 Å². The van der Waals surface area contributed by atoms with Crippen LogP contribution in [0.4, 0.5) is 10.1 Å². The monoisotopic (exact) mass is 345 g/mol. The van der Waals surface area contributed by atoms with E-state index >= 15 is 0 Å². The summed E-state index contributed by atoms with van der Waals surface area (Å²) < 4.78 is 24.7. The molecule has 0 saturated heterocycles. The van der Waals surface area contributed by atoms with Gasteiger partial charge in [-0.05, 0) is 42.5 Å². The van der Waals surface area contributed by atoms with Gasteiger partial charge in [0.15, 0.2) is 0 Å². The third-order valence-corrected chi connectivity index (χ3v) is 4.41. The van der Waals surface area contributed by atoms with E-state index in [2.05, 4.69) is 5.32 Å². The smallest absolute Gasteiger partial charge is 0.237 e. The van der Waals surface area contributed by atoms with E-state index in [1.54, 1.807) is 12.1 Å². The Morgan fingerprint density at radius 2 is 1.81 bits per heavy atom. The van der Waals surface area contributed by atoms with E-state index in [0.29, 0.717) is 20.6 Å². The Morgan fingerprint density at radius 1 is 1.14 bits per heavy atom. The van der Waals surface area contributed by atoms with Crippen LogP contribution in [0, 0.1) is 5.82 Å². The van der Waals surface area contributed by atoms with Gasteiger partial charge in [0.25, 0.3) is 0 Å². The van der Waals surface area contributed by atoms with Crippen molar-refractivity contribution in [3.63, 3.8) is 0 Å². The van der Waals surface area contributed by atoms with Gasteiger partial charge in [0, 0.05) is 9.92 Å². The number of halogens is 3. The molecule has 1 atom stereocenters. The number of carbonyl (C=O) groups is 1. The van der Waals surface area contributed by atoms with Crippen molar-refractivity contribution in [2.24, 2.45) is 0 Å². The molecule has 0 unspecified atom stereocenters. The molecule has 0 saturated carbocycles. The van der Waals surface area contributed by atoms with E-state index < -0.39 is 22.5 Å². The molecule has 0 aliphatic carbocycles. The van der Waals surface area contributed by atoms with Crippen LogP contribution in [0.3, 0.4) is 0 Å². The molecule has 1 N–H and O–H groups in total. The Balaban J connectivity index is 2.01. The minimum atomic E-state index is -1.55. The fourth-order valence-corrected chi connectivity index (χ4v) is 2.94. The average molecular weight is 346 g/mol. The van der Waals surface area contributed by atoms with Crippen molar-refractivity contribution >= 4 is 45.6 Å². The third-order valence-electron chi connectivity index (χ3n) is 2.54. The van der Waals surface area contributed by atoms with Crippen molar-refractivity contribution in [3.05, 3.63) is 58.3 Å². The highest BCUT2D eigenvalue weighted by molar-refractivity contribution is 7.85. The normalized spacial score (nSPS) is 12.0. The Labute approximate surface area is 133 Å². The molecule has 110 valence electrons. The number of anilines is 1. The summed E-state index contributed by atoms with van der Waals surface area (Å²) in [4.78, 5) is 12.2. The molecule has 0 radical (unpaired) electrons. The van der Waals surface area contributed by atoms with Gasteiger partial charge in [-0.2, -0.15) is 0 Å². The minimum absolute atomic E-state index is 0.245. The molecule has 0 heterocycles. The van der Waals surface area contributed by atoms with Gasteiger partial charge >= 0.3 is 0 Å². The SMILES string of the molecule is O=C(C[S@@](=O)c1ccc(F)cc1)Nc1ccc(Cl)cc1Cl. The first-order chi connectivity index (χ1) is 9.95. The lowest BCUT2D eigenvalue weighted by Crippen LogP contribution is -2.19. The largest absolute Gasteiger partial charge is 0.324 e. The Hall–Kier alpha value is -1.43. The predicted molar refractivity (Wildman–Crippen MR) is 82.8 cm³/mol.